The lowest BCUT2D eigenvalue weighted by atomic mass is 10.2. The molecule has 1 heterocycles. The molecule has 1 aliphatic rings. The third kappa shape index (κ3) is 1.78. The molecule has 0 bridgehead atoms. The first kappa shape index (κ1) is 9.23. The summed E-state index contributed by atoms with van der Waals surface area (Å²) in [5, 5.41) is 3.43. The van der Waals surface area contributed by atoms with Gasteiger partial charge in [0.25, 0.3) is 0 Å². The molecule has 1 aromatic rings. The summed E-state index contributed by atoms with van der Waals surface area (Å²) in [5.41, 5.74) is 2.59. The molecule has 1 aliphatic carbocycles. The minimum Gasteiger partial charge on any atom is -0.308 e. The van der Waals surface area contributed by atoms with Gasteiger partial charge in [-0.2, -0.15) is 0 Å². The van der Waals surface area contributed by atoms with Crippen molar-refractivity contribution in [1.82, 2.24) is 10.3 Å². The van der Waals surface area contributed by atoms with Crippen molar-refractivity contribution >= 4 is 0 Å². The fourth-order valence-corrected chi connectivity index (χ4v) is 1.93. The number of hydrogen-bond donors (Lipinski definition) is 1. The molecule has 1 atom stereocenters. The van der Waals surface area contributed by atoms with Gasteiger partial charge in [0.2, 0.25) is 0 Å². The van der Waals surface area contributed by atoms with Crippen molar-refractivity contribution in [1.29, 1.82) is 0 Å². The third-order valence-electron chi connectivity index (χ3n) is 2.62. The van der Waals surface area contributed by atoms with Gasteiger partial charge in [-0.05, 0) is 24.5 Å². The molecule has 0 saturated carbocycles. The Morgan fingerprint density at radius 3 is 3.43 bits per heavy atom. The molecule has 14 heavy (non-hydrogen) atoms. The molecule has 0 amide bonds. The Bertz CT molecular complexity index is 352. The van der Waals surface area contributed by atoms with E-state index in [-0.39, 0.29) is 0 Å². The first-order valence-corrected chi connectivity index (χ1v) is 5.02. The van der Waals surface area contributed by atoms with E-state index in [0.717, 1.165) is 25.8 Å². The number of nitrogens with one attached hydrogen (secondary N) is 1. The topological polar surface area (TPSA) is 24.9 Å². The predicted molar refractivity (Wildman–Crippen MR) is 56.8 cm³/mol. The number of hydrogen-bond acceptors (Lipinski definition) is 2. The highest BCUT2D eigenvalue weighted by Crippen LogP contribution is 2.28. The summed E-state index contributed by atoms with van der Waals surface area (Å²) < 4.78 is 0. The van der Waals surface area contributed by atoms with E-state index < -0.39 is 0 Å². The highest BCUT2D eigenvalue weighted by Gasteiger charge is 2.22. The standard InChI is InChI=1S/C12H14N2/c1-2-3-8-13-11-7-6-10-5-4-9-14-12(10)11/h1,4-5,9,11,13H,3,6-8H2. The summed E-state index contributed by atoms with van der Waals surface area (Å²) >= 11 is 0. The maximum Gasteiger partial charge on any atom is 0.0605 e. The van der Waals surface area contributed by atoms with Crippen molar-refractivity contribution in [3.63, 3.8) is 0 Å². The van der Waals surface area contributed by atoms with Crippen molar-refractivity contribution in [2.24, 2.45) is 0 Å². The Kier molecular flexibility index (Phi) is 2.81. The van der Waals surface area contributed by atoms with Crippen LogP contribution in [0.4, 0.5) is 0 Å². The number of fused-ring (bicyclic) bond motifs is 1. The quantitative estimate of drug-likeness (QED) is 0.574. The van der Waals surface area contributed by atoms with Gasteiger partial charge in [0.05, 0.1) is 11.7 Å². The number of aromatic nitrogens is 1. The molecule has 0 aliphatic heterocycles. The molecule has 0 fully saturated rings. The van der Waals surface area contributed by atoms with Crippen molar-refractivity contribution in [3.8, 4) is 12.3 Å². The van der Waals surface area contributed by atoms with E-state index in [0.29, 0.717) is 6.04 Å². The monoisotopic (exact) mass is 186 g/mol. The van der Waals surface area contributed by atoms with Crippen molar-refractivity contribution in [2.45, 2.75) is 25.3 Å². The Hall–Kier alpha value is -1.33. The van der Waals surface area contributed by atoms with Gasteiger partial charge in [-0.15, -0.1) is 12.3 Å². The van der Waals surface area contributed by atoms with Gasteiger partial charge >= 0.3 is 0 Å². The summed E-state index contributed by atoms with van der Waals surface area (Å²) in [7, 11) is 0. The average Bonchev–Trinajstić information content (AvgIpc) is 2.63. The van der Waals surface area contributed by atoms with Gasteiger partial charge in [-0.3, -0.25) is 4.98 Å². The van der Waals surface area contributed by atoms with Crippen molar-refractivity contribution < 1.29 is 0 Å². The second-order valence-corrected chi connectivity index (χ2v) is 3.55. The Labute approximate surface area is 84.7 Å². The molecule has 0 spiro atoms. The number of rotatable bonds is 3. The van der Waals surface area contributed by atoms with E-state index >= 15 is 0 Å². The maximum atomic E-state index is 5.20. The highest BCUT2D eigenvalue weighted by molar-refractivity contribution is 5.27. The number of pyridine rings is 1. The van der Waals surface area contributed by atoms with Crippen LogP contribution in [0.2, 0.25) is 0 Å². The summed E-state index contributed by atoms with van der Waals surface area (Å²) in [6.07, 6.45) is 10.1. The van der Waals surface area contributed by atoms with Crippen LogP contribution in [-0.4, -0.2) is 11.5 Å². The van der Waals surface area contributed by atoms with E-state index in [4.69, 9.17) is 6.42 Å². The molecule has 0 saturated heterocycles. The highest BCUT2D eigenvalue weighted by atomic mass is 14.9. The predicted octanol–water partition coefficient (Wildman–Crippen LogP) is 1.68. The van der Waals surface area contributed by atoms with Crippen LogP contribution >= 0.6 is 0 Å². The molecule has 0 radical (unpaired) electrons. The van der Waals surface area contributed by atoms with Crippen LogP contribution in [0.1, 0.15) is 30.1 Å². The normalized spacial score (nSPS) is 18.9. The largest absolute Gasteiger partial charge is 0.308 e. The van der Waals surface area contributed by atoms with Gasteiger partial charge in [0.15, 0.2) is 0 Å². The van der Waals surface area contributed by atoms with Crippen molar-refractivity contribution in [3.05, 3.63) is 29.6 Å². The second-order valence-electron chi connectivity index (χ2n) is 3.55. The molecular weight excluding hydrogens is 172 g/mol. The Balaban J connectivity index is 2.00. The fourth-order valence-electron chi connectivity index (χ4n) is 1.93. The molecular formula is C12H14N2. The third-order valence-corrected chi connectivity index (χ3v) is 2.62. The second kappa shape index (κ2) is 4.26. The number of terminal acetylenes is 1. The Morgan fingerprint density at radius 1 is 1.64 bits per heavy atom. The SMILES string of the molecule is C#CCCNC1CCc2cccnc21. The van der Waals surface area contributed by atoms with E-state index in [2.05, 4.69) is 22.3 Å². The maximum absolute atomic E-state index is 5.20. The van der Waals surface area contributed by atoms with Crippen LogP contribution in [0, 0.1) is 12.3 Å². The smallest absolute Gasteiger partial charge is 0.0605 e. The van der Waals surface area contributed by atoms with Crippen molar-refractivity contribution in [2.75, 3.05) is 6.54 Å². The minimum absolute atomic E-state index is 0.416. The molecule has 1 N–H and O–H groups in total. The number of aryl methyl sites for hydroxylation is 1. The van der Waals surface area contributed by atoms with Crippen LogP contribution in [0.25, 0.3) is 0 Å². The summed E-state index contributed by atoms with van der Waals surface area (Å²) in [6, 6.07) is 4.58. The fraction of sp³-hybridized carbons (Fsp3) is 0.417. The molecule has 2 nitrogen and oxygen atoms in total. The van der Waals surface area contributed by atoms with Crippen LogP contribution in [-0.2, 0) is 6.42 Å². The van der Waals surface area contributed by atoms with Crippen LogP contribution in [0.5, 0.6) is 0 Å². The van der Waals surface area contributed by atoms with E-state index in [9.17, 15) is 0 Å². The van der Waals surface area contributed by atoms with E-state index in [1.54, 1.807) is 0 Å². The van der Waals surface area contributed by atoms with Gasteiger partial charge in [-0.1, -0.05) is 6.07 Å². The lowest BCUT2D eigenvalue weighted by molar-refractivity contribution is 0.530. The molecule has 1 aromatic heterocycles. The van der Waals surface area contributed by atoms with Gasteiger partial charge < -0.3 is 5.32 Å². The molecule has 1 unspecified atom stereocenters. The summed E-state index contributed by atoms with van der Waals surface area (Å²) in [4.78, 5) is 4.41. The zero-order valence-corrected chi connectivity index (χ0v) is 8.16. The van der Waals surface area contributed by atoms with Gasteiger partial charge in [-0.25, -0.2) is 0 Å². The van der Waals surface area contributed by atoms with E-state index in [1.807, 2.05) is 12.3 Å². The summed E-state index contributed by atoms with van der Waals surface area (Å²) in [6.45, 7) is 0.886. The molecule has 72 valence electrons. The van der Waals surface area contributed by atoms with Gasteiger partial charge in [0.1, 0.15) is 0 Å². The first-order chi connectivity index (χ1) is 6.92. The van der Waals surface area contributed by atoms with Crippen LogP contribution in [0.15, 0.2) is 18.3 Å². The lowest BCUT2D eigenvalue weighted by Crippen LogP contribution is -2.20. The van der Waals surface area contributed by atoms with Gasteiger partial charge in [0, 0.05) is 19.2 Å². The number of nitrogens with zero attached hydrogens (tertiary/aromatic N) is 1. The molecule has 2 rings (SSSR count). The van der Waals surface area contributed by atoms with Crippen LogP contribution in [0.3, 0.4) is 0 Å². The zero-order chi connectivity index (χ0) is 9.80. The Morgan fingerprint density at radius 2 is 2.57 bits per heavy atom. The molecule has 0 aromatic carbocycles. The summed E-state index contributed by atoms with van der Waals surface area (Å²) in [5.74, 6) is 2.63. The first-order valence-electron chi connectivity index (χ1n) is 5.02. The molecule has 2 heteroatoms. The minimum atomic E-state index is 0.416. The van der Waals surface area contributed by atoms with E-state index in [1.165, 1.54) is 11.3 Å². The lowest BCUT2D eigenvalue weighted by Gasteiger charge is -2.11. The van der Waals surface area contributed by atoms with Crippen LogP contribution < -0.4 is 5.32 Å². The zero-order valence-electron chi connectivity index (χ0n) is 8.16. The average molecular weight is 186 g/mol.